The summed E-state index contributed by atoms with van der Waals surface area (Å²) in [5.74, 6) is 5.49. The molecule has 0 fully saturated rings. The molecule has 0 aromatic heterocycles. The van der Waals surface area contributed by atoms with E-state index >= 15 is 0 Å². The quantitative estimate of drug-likeness (QED) is 0.837. The van der Waals surface area contributed by atoms with Crippen molar-refractivity contribution >= 4 is 0 Å². The van der Waals surface area contributed by atoms with Crippen LogP contribution in [0.1, 0.15) is 17.2 Å². The molecule has 2 aromatic rings. The Kier molecular flexibility index (Phi) is 4.17. The Morgan fingerprint density at radius 2 is 1.89 bits per heavy atom. The van der Waals surface area contributed by atoms with Gasteiger partial charge in [0.25, 0.3) is 0 Å². The third kappa shape index (κ3) is 3.34. The van der Waals surface area contributed by atoms with Crippen molar-refractivity contribution in [1.82, 2.24) is 0 Å². The van der Waals surface area contributed by atoms with Crippen LogP contribution in [0.5, 0.6) is 5.75 Å². The standard InChI is InChI=1S/C16H13FO2/c1-19-16-10-8-13(17)11-14(16)15(18)9-7-12-5-3-2-4-6-12/h2-6,8,10-11,15,18H,1H3. The molecular weight excluding hydrogens is 243 g/mol. The van der Waals surface area contributed by atoms with Crippen LogP contribution in [0.25, 0.3) is 0 Å². The van der Waals surface area contributed by atoms with Crippen LogP contribution in [0.3, 0.4) is 0 Å². The molecule has 0 spiro atoms. The van der Waals surface area contributed by atoms with Gasteiger partial charge in [-0.2, -0.15) is 0 Å². The predicted octanol–water partition coefficient (Wildman–Crippen LogP) is 2.92. The lowest BCUT2D eigenvalue weighted by atomic mass is 10.1. The van der Waals surface area contributed by atoms with Crippen molar-refractivity contribution in [3.8, 4) is 17.6 Å². The molecule has 0 aliphatic heterocycles. The Morgan fingerprint density at radius 1 is 1.16 bits per heavy atom. The average Bonchev–Trinajstić information content (AvgIpc) is 2.46. The van der Waals surface area contributed by atoms with E-state index in [9.17, 15) is 9.50 Å². The summed E-state index contributed by atoms with van der Waals surface area (Å²) in [5, 5.41) is 10.00. The molecule has 2 nitrogen and oxygen atoms in total. The first-order valence-electron chi connectivity index (χ1n) is 5.79. The Labute approximate surface area is 111 Å². The van der Waals surface area contributed by atoms with Crippen molar-refractivity contribution in [3.63, 3.8) is 0 Å². The molecule has 0 saturated carbocycles. The van der Waals surface area contributed by atoms with Gasteiger partial charge in [0.2, 0.25) is 0 Å². The minimum atomic E-state index is -1.09. The second kappa shape index (κ2) is 6.03. The first-order valence-corrected chi connectivity index (χ1v) is 5.79. The number of methoxy groups -OCH3 is 1. The van der Waals surface area contributed by atoms with Crippen molar-refractivity contribution in [2.75, 3.05) is 7.11 Å². The van der Waals surface area contributed by atoms with Crippen LogP contribution in [-0.2, 0) is 0 Å². The van der Waals surface area contributed by atoms with Gasteiger partial charge in [-0.3, -0.25) is 0 Å². The Morgan fingerprint density at radius 3 is 2.58 bits per heavy atom. The van der Waals surface area contributed by atoms with Gasteiger partial charge in [-0.15, -0.1) is 0 Å². The SMILES string of the molecule is COc1ccc(F)cc1C(O)C#Cc1ccccc1. The molecular formula is C16H13FO2. The van der Waals surface area contributed by atoms with E-state index in [2.05, 4.69) is 11.8 Å². The fourth-order valence-electron chi connectivity index (χ4n) is 1.67. The number of rotatable bonds is 2. The summed E-state index contributed by atoms with van der Waals surface area (Å²) in [7, 11) is 1.47. The highest BCUT2D eigenvalue weighted by Gasteiger charge is 2.11. The normalized spacial score (nSPS) is 11.3. The van der Waals surface area contributed by atoms with Gasteiger partial charge in [0.05, 0.1) is 7.11 Å². The number of benzene rings is 2. The van der Waals surface area contributed by atoms with Crippen LogP contribution in [-0.4, -0.2) is 12.2 Å². The second-order valence-corrected chi connectivity index (χ2v) is 3.92. The van der Waals surface area contributed by atoms with E-state index in [0.29, 0.717) is 11.3 Å². The van der Waals surface area contributed by atoms with Crippen molar-refractivity contribution in [2.45, 2.75) is 6.10 Å². The van der Waals surface area contributed by atoms with E-state index in [-0.39, 0.29) is 0 Å². The zero-order chi connectivity index (χ0) is 13.7. The van der Waals surface area contributed by atoms with E-state index in [4.69, 9.17) is 4.74 Å². The van der Waals surface area contributed by atoms with Crippen LogP contribution in [0.4, 0.5) is 4.39 Å². The topological polar surface area (TPSA) is 29.5 Å². The van der Waals surface area contributed by atoms with Crippen molar-refractivity contribution < 1.29 is 14.2 Å². The van der Waals surface area contributed by atoms with Crippen LogP contribution < -0.4 is 4.74 Å². The van der Waals surface area contributed by atoms with Crippen molar-refractivity contribution in [1.29, 1.82) is 0 Å². The van der Waals surface area contributed by atoms with Crippen LogP contribution in [0.2, 0.25) is 0 Å². The minimum absolute atomic E-state index is 0.325. The van der Waals surface area contributed by atoms with E-state index in [0.717, 1.165) is 5.56 Å². The van der Waals surface area contributed by atoms with Crippen LogP contribution >= 0.6 is 0 Å². The molecule has 19 heavy (non-hydrogen) atoms. The van der Waals surface area contributed by atoms with Crippen molar-refractivity contribution in [2.24, 2.45) is 0 Å². The van der Waals surface area contributed by atoms with E-state index in [1.165, 1.54) is 25.3 Å². The summed E-state index contributed by atoms with van der Waals surface area (Å²) >= 11 is 0. The molecule has 0 aliphatic carbocycles. The Hall–Kier alpha value is -2.31. The van der Waals surface area contributed by atoms with Crippen LogP contribution in [0, 0.1) is 17.7 Å². The summed E-state index contributed by atoms with van der Waals surface area (Å²) < 4.78 is 18.3. The summed E-state index contributed by atoms with van der Waals surface area (Å²) in [6.45, 7) is 0. The van der Waals surface area contributed by atoms with Gasteiger partial charge in [0.1, 0.15) is 17.7 Å². The molecule has 0 radical (unpaired) electrons. The molecule has 0 aliphatic rings. The fourth-order valence-corrected chi connectivity index (χ4v) is 1.67. The first-order chi connectivity index (χ1) is 9.20. The molecule has 3 heteroatoms. The van der Waals surface area contributed by atoms with Crippen molar-refractivity contribution in [3.05, 3.63) is 65.5 Å². The molecule has 1 N–H and O–H groups in total. The molecule has 1 unspecified atom stereocenters. The smallest absolute Gasteiger partial charge is 0.144 e. The maximum Gasteiger partial charge on any atom is 0.144 e. The molecule has 1 atom stereocenters. The third-order valence-corrected chi connectivity index (χ3v) is 2.61. The third-order valence-electron chi connectivity index (χ3n) is 2.61. The number of halogens is 1. The maximum atomic E-state index is 13.2. The Balaban J connectivity index is 2.28. The predicted molar refractivity (Wildman–Crippen MR) is 71.2 cm³/mol. The lowest BCUT2D eigenvalue weighted by Gasteiger charge is -2.09. The maximum absolute atomic E-state index is 13.2. The number of hydrogen-bond donors (Lipinski definition) is 1. The Bertz CT molecular complexity index is 612. The molecule has 0 saturated heterocycles. The molecule has 0 bridgehead atoms. The van der Waals surface area contributed by atoms with Gasteiger partial charge >= 0.3 is 0 Å². The second-order valence-electron chi connectivity index (χ2n) is 3.92. The number of aliphatic hydroxyl groups excluding tert-OH is 1. The number of aliphatic hydroxyl groups is 1. The van der Waals surface area contributed by atoms with Crippen LogP contribution in [0.15, 0.2) is 48.5 Å². The minimum Gasteiger partial charge on any atom is -0.496 e. The van der Waals surface area contributed by atoms with Gasteiger partial charge < -0.3 is 9.84 Å². The summed E-state index contributed by atoms with van der Waals surface area (Å²) in [6.07, 6.45) is -1.09. The first kappa shape index (κ1) is 13.1. The van der Waals surface area contributed by atoms with Gasteiger partial charge in [0.15, 0.2) is 0 Å². The van der Waals surface area contributed by atoms with Gasteiger partial charge in [-0.1, -0.05) is 30.0 Å². The highest BCUT2D eigenvalue weighted by atomic mass is 19.1. The fraction of sp³-hybridized carbons (Fsp3) is 0.125. The van der Waals surface area contributed by atoms with E-state index < -0.39 is 11.9 Å². The van der Waals surface area contributed by atoms with E-state index in [1.807, 2.05) is 30.3 Å². The lowest BCUT2D eigenvalue weighted by Crippen LogP contribution is -1.99. The highest BCUT2D eigenvalue weighted by Crippen LogP contribution is 2.25. The highest BCUT2D eigenvalue weighted by molar-refractivity contribution is 5.42. The zero-order valence-corrected chi connectivity index (χ0v) is 10.4. The molecule has 96 valence electrons. The average molecular weight is 256 g/mol. The van der Waals surface area contributed by atoms with E-state index in [1.54, 1.807) is 0 Å². The molecule has 2 aromatic carbocycles. The molecule has 2 rings (SSSR count). The van der Waals surface area contributed by atoms with Gasteiger partial charge in [-0.25, -0.2) is 4.39 Å². The molecule has 0 amide bonds. The van der Waals surface area contributed by atoms with Gasteiger partial charge in [0, 0.05) is 11.1 Å². The largest absolute Gasteiger partial charge is 0.496 e. The summed E-state index contributed by atoms with van der Waals surface area (Å²) in [6, 6.07) is 13.3. The molecule has 0 heterocycles. The lowest BCUT2D eigenvalue weighted by molar-refractivity contribution is 0.231. The zero-order valence-electron chi connectivity index (χ0n) is 10.4. The van der Waals surface area contributed by atoms with Gasteiger partial charge in [-0.05, 0) is 30.3 Å². The number of ether oxygens (including phenoxy) is 1. The summed E-state index contributed by atoms with van der Waals surface area (Å²) in [5.41, 5.74) is 1.11. The monoisotopic (exact) mass is 256 g/mol. The summed E-state index contributed by atoms with van der Waals surface area (Å²) in [4.78, 5) is 0. The number of hydrogen-bond acceptors (Lipinski definition) is 2.